The van der Waals surface area contributed by atoms with Crippen molar-refractivity contribution in [2.75, 3.05) is 0 Å². The normalized spacial score (nSPS) is 11.5. The lowest BCUT2D eigenvalue weighted by Crippen LogP contribution is -2.10. The fourth-order valence-electron chi connectivity index (χ4n) is 1.79. The van der Waals surface area contributed by atoms with Gasteiger partial charge in [-0.2, -0.15) is 0 Å². The first-order valence-corrected chi connectivity index (χ1v) is 5.76. The molecule has 0 radical (unpaired) electrons. The molecule has 2 rings (SSSR count). The second-order valence-corrected chi connectivity index (χ2v) is 5.27. The molecule has 0 unspecified atom stereocenters. The molecule has 1 aromatic heterocycles. The Bertz CT molecular complexity index is 576. The van der Waals surface area contributed by atoms with E-state index in [1.807, 2.05) is 18.2 Å². The Morgan fingerprint density at radius 3 is 2.35 bits per heavy atom. The number of benzene rings is 1. The maximum Gasteiger partial charge on any atom is 0.248 e. The van der Waals surface area contributed by atoms with Crippen molar-refractivity contribution in [2.24, 2.45) is 0 Å². The minimum atomic E-state index is -0.0661. The summed E-state index contributed by atoms with van der Waals surface area (Å²) in [5.74, 6) is 0. The average Bonchev–Trinajstić information content (AvgIpc) is 2.28. The number of H-pyrrole nitrogens is 1. The van der Waals surface area contributed by atoms with E-state index in [2.05, 4.69) is 37.9 Å². The van der Waals surface area contributed by atoms with Crippen molar-refractivity contribution in [2.45, 2.75) is 26.2 Å². The second-order valence-electron chi connectivity index (χ2n) is 5.27. The van der Waals surface area contributed by atoms with Gasteiger partial charge in [-0.25, -0.2) is 0 Å². The molecule has 2 nitrogen and oxygen atoms in total. The van der Waals surface area contributed by atoms with E-state index >= 15 is 0 Å². The molecule has 0 amide bonds. The Morgan fingerprint density at radius 2 is 1.71 bits per heavy atom. The quantitative estimate of drug-likeness (QED) is 0.796. The third kappa shape index (κ3) is 2.64. The molecule has 0 aliphatic rings. The molecule has 1 aromatic carbocycles. The Hall–Kier alpha value is -1.83. The van der Waals surface area contributed by atoms with Crippen LogP contribution in [-0.4, -0.2) is 4.98 Å². The topological polar surface area (TPSA) is 32.9 Å². The smallest absolute Gasteiger partial charge is 0.248 e. The van der Waals surface area contributed by atoms with Crippen LogP contribution in [-0.2, 0) is 5.41 Å². The van der Waals surface area contributed by atoms with Crippen molar-refractivity contribution in [1.82, 2.24) is 4.98 Å². The van der Waals surface area contributed by atoms with Crippen LogP contribution >= 0.6 is 0 Å². The highest BCUT2D eigenvalue weighted by Crippen LogP contribution is 2.26. The van der Waals surface area contributed by atoms with Crippen molar-refractivity contribution in [1.29, 1.82) is 0 Å². The SMILES string of the molecule is CC(C)(C)c1cccc(-c2cc[nH]c(=O)c2)c1. The third-order valence-corrected chi connectivity index (χ3v) is 2.84. The van der Waals surface area contributed by atoms with Crippen LogP contribution in [0.1, 0.15) is 26.3 Å². The molecule has 1 N–H and O–H groups in total. The van der Waals surface area contributed by atoms with Crippen LogP contribution in [0.4, 0.5) is 0 Å². The van der Waals surface area contributed by atoms with E-state index in [0.717, 1.165) is 11.1 Å². The highest BCUT2D eigenvalue weighted by atomic mass is 16.1. The van der Waals surface area contributed by atoms with Crippen LogP contribution in [0, 0.1) is 0 Å². The zero-order chi connectivity index (χ0) is 12.5. The van der Waals surface area contributed by atoms with E-state index in [0.29, 0.717) is 0 Å². The van der Waals surface area contributed by atoms with E-state index in [4.69, 9.17) is 0 Å². The van der Waals surface area contributed by atoms with Gasteiger partial charge in [0.05, 0.1) is 0 Å². The summed E-state index contributed by atoms with van der Waals surface area (Å²) in [6, 6.07) is 11.9. The summed E-state index contributed by atoms with van der Waals surface area (Å²) in [4.78, 5) is 13.9. The highest BCUT2D eigenvalue weighted by molar-refractivity contribution is 5.63. The molecule has 17 heavy (non-hydrogen) atoms. The summed E-state index contributed by atoms with van der Waals surface area (Å²) in [7, 11) is 0. The van der Waals surface area contributed by atoms with Gasteiger partial charge in [-0.1, -0.05) is 45.0 Å². The van der Waals surface area contributed by atoms with E-state index in [-0.39, 0.29) is 11.0 Å². The van der Waals surface area contributed by atoms with Gasteiger partial charge in [-0.3, -0.25) is 4.79 Å². The molecule has 2 heteroatoms. The second kappa shape index (κ2) is 4.21. The fourth-order valence-corrected chi connectivity index (χ4v) is 1.79. The minimum absolute atomic E-state index is 0.0661. The summed E-state index contributed by atoms with van der Waals surface area (Å²) >= 11 is 0. The molecule has 0 bridgehead atoms. The molecule has 0 saturated heterocycles. The Kier molecular flexibility index (Phi) is 2.88. The number of hydrogen-bond acceptors (Lipinski definition) is 1. The molecule has 1 heterocycles. The van der Waals surface area contributed by atoms with Gasteiger partial charge in [0.1, 0.15) is 0 Å². The van der Waals surface area contributed by atoms with E-state index in [9.17, 15) is 4.79 Å². The van der Waals surface area contributed by atoms with Crippen molar-refractivity contribution >= 4 is 0 Å². The van der Waals surface area contributed by atoms with Crippen LogP contribution in [0.3, 0.4) is 0 Å². The molecule has 88 valence electrons. The van der Waals surface area contributed by atoms with Crippen molar-refractivity contribution in [3.8, 4) is 11.1 Å². The lowest BCUT2D eigenvalue weighted by molar-refractivity contribution is 0.590. The largest absolute Gasteiger partial charge is 0.329 e. The van der Waals surface area contributed by atoms with Gasteiger partial charge in [-0.05, 0) is 28.2 Å². The molecule has 0 spiro atoms. The zero-order valence-electron chi connectivity index (χ0n) is 10.4. The van der Waals surface area contributed by atoms with E-state index in [1.165, 1.54) is 5.56 Å². The van der Waals surface area contributed by atoms with Crippen LogP contribution in [0.15, 0.2) is 47.4 Å². The van der Waals surface area contributed by atoms with Crippen LogP contribution < -0.4 is 5.56 Å². The number of hydrogen-bond donors (Lipinski definition) is 1. The third-order valence-electron chi connectivity index (χ3n) is 2.84. The predicted octanol–water partition coefficient (Wildman–Crippen LogP) is 3.34. The van der Waals surface area contributed by atoms with Crippen LogP contribution in [0.2, 0.25) is 0 Å². The highest BCUT2D eigenvalue weighted by Gasteiger charge is 2.13. The maximum atomic E-state index is 11.3. The van der Waals surface area contributed by atoms with Crippen molar-refractivity contribution in [3.63, 3.8) is 0 Å². The molecule has 0 atom stereocenters. The van der Waals surface area contributed by atoms with Gasteiger partial charge in [-0.15, -0.1) is 0 Å². The number of aromatic amines is 1. The first-order chi connectivity index (χ1) is 7.97. The lowest BCUT2D eigenvalue weighted by atomic mass is 9.85. The van der Waals surface area contributed by atoms with Crippen LogP contribution in [0.25, 0.3) is 11.1 Å². The van der Waals surface area contributed by atoms with Gasteiger partial charge in [0.2, 0.25) is 5.56 Å². The summed E-state index contributed by atoms with van der Waals surface area (Å²) in [5.41, 5.74) is 3.37. The van der Waals surface area contributed by atoms with Crippen molar-refractivity contribution in [3.05, 3.63) is 58.5 Å². The van der Waals surface area contributed by atoms with E-state index < -0.39 is 0 Å². The summed E-state index contributed by atoms with van der Waals surface area (Å²) < 4.78 is 0. The monoisotopic (exact) mass is 227 g/mol. The van der Waals surface area contributed by atoms with Gasteiger partial charge in [0.25, 0.3) is 0 Å². The minimum Gasteiger partial charge on any atom is -0.329 e. The zero-order valence-corrected chi connectivity index (χ0v) is 10.4. The van der Waals surface area contributed by atoms with Gasteiger partial charge in [0, 0.05) is 12.3 Å². The summed E-state index contributed by atoms with van der Waals surface area (Å²) in [6.07, 6.45) is 1.68. The average molecular weight is 227 g/mol. The molecule has 0 saturated carbocycles. The first kappa shape index (κ1) is 11.6. The van der Waals surface area contributed by atoms with Gasteiger partial charge in [0.15, 0.2) is 0 Å². The summed E-state index contributed by atoms with van der Waals surface area (Å²) in [6.45, 7) is 6.55. The number of pyridine rings is 1. The number of rotatable bonds is 1. The molecule has 0 aliphatic heterocycles. The fraction of sp³-hybridized carbons (Fsp3) is 0.267. The molecular formula is C15H17NO. The number of aromatic nitrogens is 1. The van der Waals surface area contributed by atoms with Gasteiger partial charge >= 0.3 is 0 Å². The summed E-state index contributed by atoms with van der Waals surface area (Å²) in [5, 5.41) is 0. The Morgan fingerprint density at radius 1 is 1.00 bits per heavy atom. The molecule has 0 fully saturated rings. The maximum absolute atomic E-state index is 11.3. The molecular weight excluding hydrogens is 210 g/mol. The van der Waals surface area contributed by atoms with Crippen molar-refractivity contribution < 1.29 is 0 Å². The van der Waals surface area contributed by atoms with Gasteiger partial charge < -0.3 is 4.98 Å². The molecule has 0 aliphatic carbocycles. The predicted molar refractivity (Wildman–Crippen MR) is 71.2 cm³/mol. The Labute approximate surface area is 101 Å². The standard InChI is InChI=1S/C15H17NO/c1-15(2,3)13-6-4-5-11(9-13)12-7-8-16-14(17)10-12/h4-10H,1-3H3,(H,16,17). The Balaban J connectivity index is 2.51. The van der Waals surface area contributed by atoms with Crippen LogP contribution in [0.5, 0.6) is 0 Å². The lowest BCUT2D eigenvalue weighted by Gasteiger charge is -2.19. The number of nitrogens with one attached hydrogen (secondary N) is 1. The molecule has 2 aromatic rings. The first-order valence-electron chi connectivity index (χ1n) is 5.76. The van der Waals surface area contributed by atoms with E-state index in [1.54, 1.807) is 12.3 Å².